The Morgan fingerprint density at radius 1 is 1.12 bits per heavy atom. The van der Waals surface area contributed by atoms with E-state index in [0.717, 1.165) is 40.7 Å². The van der Waals surface area contributed by atoms with E-state index in [1.807, 2.05) is 59.5 Å². The lowest BCUT2D eigenvalue weighted by Gasteiger charge is -2.30. The average Bonchev–Trinajstić information content (AvgIpc) is 3.35. The quantitative estimate of drug-likeness (QED) is 0.505. The van der Waals surface area contributed by atoms with E-state index in [4.69, 9.17) is 9.26 Å². The highest BCUT2D eigenvalue weighted by molar-refractivity contribution is 5.89. The number of hydrogen-bond donors (Lipinski definition) is 1. The number of amides is 2. The number of pyridine rings is 1. The third kappa shape index (κ3) is 4.12. The fourth-order valence-electron chi connectivity index (χ4n) is 3.92. The lowest BCUT2D eigenvalue weighted by molar-refractivity contribution is 0.187. The molecule has 0 aliphatic carbocycles. The standard InChI is InChI=1S/C24H23N5O3/c1-31-20-8-6-19(7-9-20)26-24(30)29-12-10-16(11-13-29)23-27-22(28-32-23)18-14-17-4-2-3-5-21(17)25-15-18/h2-9,14-16H,10-13H2,1H3,(H,26,30). The molecule has 0 bridgehead atoms. The monoisotopic (exact) mass is 429 g/mol. The van der Waals surface area contributed by atoms with Crippen molar-refractivity contribution in [1.82, 2.24) is 20.0 Å². The smallest absolute Gasteiger partial charge is 0.321 e. The Kier molecular flexibility index (Phi) is 5.41. The summed E-state index contributed by atoms with van der Waals surface area (Å²) in [6.45, 7) is 1.25. The highest BCUT2D eigenvalue weighted by Gasteiger charge is 2.28. The molecular formula is C24H23N5O3. The maximum absolute atomic E-state index is 12.6. The number of hydrogen-bond acceptors (Lipinski definition) is 6. The summed E-state index contributed by atoms with van der Waals surface area (Å²) in [5, 5.41) is 8.13. The maximum atomic E-state index is 12.6. The van der Waals surface area contributed by atoms with Crippen LogP contribution in [0.1, 0.15) is 24.7 Å². The molecule has 8 heteroatoms. The fraction of sp³-hybridized carbons (Fsp3) is 0.250. The molecule has 0 atom stereocenters. The number of carbonyl (C=O) groups is 1. The molecule has 0 radical (unpaired) electrons. The molecule has 3 heterocycles. The Hall–Kier alpha value is -3.94. The maximum Gasteiger partial charge on any atom is 0.321 e. The van der Waals surface area contributed by atoms with Crippen molar-refractivity contribution < 1.29 is 14.1 Å². The zero-order chi connectivity index (χ0) is 21.9. The van der Waals surface area contributed by atoms with Crippen LogP contribution in [0.4, 0.5) is 10.5 Å². The van der Waals surface area contributed by atoms with Crippen molar-refractivity contribution in [3.8, 4) is 17.1 Å². The molecule has 1 saturated heterocycles. The first-order chi connectivity index (χ1) is 15.7. The summed E-state index contributed by atoms with van der Waals surface area (Å²) in [6.07, 6.45) is 3.31. The summed E-state index contributed by atoms with van der Waals surface area (Å²) in [5.74, 6) is 2.04. The molecule has 1 aliphatic heterocycles. The molecule has 32 heavy (non-hydrogen) atoms. The molecule has 0 unspecified atom stereocenters. The summed E-state index contributed by atoms with van der Waals surface area (Å²) >= 11 is 0. The van der Waals surface area contributed by atoms with Crippen molar-refractivity contribution in [2.24, 2.45) is 0 Å². The van der Waals surface area contributed by atoms with Crippen LogP contribution in [-0.2, 0) is 0 Å². The summed E-state index contributed by atoms with van der Waals surface area (Å²) < 4.78 is 10.7. The van der Waals surface area contributed by atoms with E-state index in [1.165, 1.54) is 0 Å². The van der Waals surface area contributed by atoms with E-state index in [-0.39, 0.29) is 11.9 Å². The van der Waals surface area contributed by atoms with Crippen LogP contribution in [0.25, 0.3) is 22.3 Å². The van der Waals surface area contributed by atoms with Gasteiger partial charge in [0, 0.05) is 41.8 Å². The molecule has 1 N–H and O–H groups in total. The Balaban J connectivity index is 1.20. The molecular weight excluding hydrogens is 406 g/mol. The number of aromatic nitrogens is 3. The highest BCUT2D eigenvalue weighted by atomic mass is 16.5. The van der Waals surface area contributed by atoms with E-state index in [0.29, 0.717) is 24.8 Å². The second kappa shape index (κ2) is 8.66. The molecule has 0 saturated carbocycles. The first-order valence-electron chi connectivity index (χ1n) is 10.6. The molecule has 4 aromatic rings. The fourth-order valence-corrected chi connectivity index (χ4v) is 3.92. The number of piperidine rings is 1. The van der Waals surface area contributed by atoms with Crippen molar-refractivity contribution in [3.63, 3.8) is 0 Å². The number of benzene rings is 2. The van der Waals surface area contributed by atoms with E-state index in [1.54, 1.807) is 13.3 Å². The highest BCUT2D eigenvalue weighted by Crippen LogP contribution is 2.29. The average molecular weight is 429 g/mol. The largest absolute Gasteiger partial charge is 0.497 e. The van der Waals surface area contributed by atoms with Crippen molar-refractivity contribution in [2.45, 2.75) is 18.8 Å². The number of urea groups is 1. The number of carbonyl (C=O) groups excluding carboxylic acids is 1. The summed E-state index contributed by atoms with van der Waals surface area (Å²) in [4.78, 5) is 23.5. The minimum Gasteiger partial charge on any atom is -0.497 e. The molecule has 0 spiro atoms. The Labute approximate surface area is 185 Å². The predicted molar refractivity (Wildman–Crippen MR) is 121 cm³/mol. The van der Waals surface area contributed by atoms with Gasteiger partial charge in [0.05, 0.1) is 12.6 Å². The lowest BCUT2D eigenvalue weighted by atomic mass is 9.97. The molecule has 8 nitrogen and oxygen atoms in total. The molecule has 162 valence electrons. The third-order valence-electron chi connectivity index (χ3n) is 5.76. The second-order valence-corrected chi connectivity index (χ2v) is 7.79. The topological polar surface area (TPSA) is 93.4 Å². The van der Waals surface area contributed by atoms with Gasteiger partial charge in [-0.3, -0.25) is 4.98 Å². The third-order valence-corrected chi connectivity index (χ3v) is 5.76. The number of likely N-dealkylation sites (tertiary alicyclic amines) is 1. The van der Waals surface area contributed by atoms with Crippen LogP contribution < -0.4 is 10.1 Å². The minimum absolute atomic E-state index is 0.109. The zero-order valence-corrected chi connectivity index (χ0v) is 17.7. The van der Waals surface area contributed by atoms with Gasteiger partial charge in [-0.25, -0.2) is 4.79 Å². The number of fused-ring (bicyclic) bond motifs is 1. The van der Waals surface area contributed by atoms with Crippen molar-refractivity contribution in [1.29, 1.82) is 0 Å². The van der Waals surface area contributed by atoms with E-state index >= 15 is 0 Å². The molecule has 2 amide bonds. The van der Waals surface area contributed by atoms with Crippen LogP contribution in [0.3, 0.4) is 0 Å². The number of nitrogens with one attached hydrogen (secondary N) is 1. The van der Waals surface area contributed by atoms with E-state index in [9.17, 15) is 4.79 Å². The molecule has 5 rings (SSSR count). The second-order valence-electron chi connectivity index (χ2n) is 7.79. The van der Waals surface area contributed by atoms with Gasteiger partial charge in [-0.1, -0.05) is 23.4 Å². The normalized spacial score (nSPS) is 14.5. The zero-order valence-electron chi connectivity index (χ0n) is 17.7. The van der Waals surface area contributed by atoms with Gasteiger partial charge in [0.15, 0.2) is 0 Å². The van der Waals surface area contributed by atoms with Gasteiger partial charge in [-0.15, -0.1) is 0 Å². The van der Waals surface area contributed by atoms with Gasteiger partial charge >= 0.3 is 6.03 Å². The van der Waals surface area contributed by atoms with Gasteiger partial charge in [0.25, 0.3) is 0 Å². The van der Waals surface area contributed by atoms with Crippen LogP contribution in [0.2, 0.25) is 0 Å². The Bertz CT molecular complexity index is 1230. The molecule has 1 fully saturated rings. The Morgan fingerprint density at radius 3 is 2.69 bits per heavy atom. The SMILES string of the molecule is COc1ccc(NC(=O)N2CCC(c3nc(-c4cnc5ccccc5c4)no3)CC2)cc1. The van der Waals surface area contributed by atoms with Gasteiger partial charge in [0.1, 0.15) is 5.75 Å². The van der Waals surface area contributed by atoms with Crippen molar-refractivity contribution in [2.75, 3.05) is 25.5 Å². The van der Waals surface area contributed by atoms with Crippen molar-refractivity contribution in [3.05, 3.63) is 66.7 Å². The Morgan fingerprint density at radius 2 is 1.91 bits per heavy atom. The summed E-state index contributed by atoms with van der Waals surface area (Å²) in [7, 11) is 1.61. The van der Waals surface area contributed by atoms with Gasteiger partial charge in [-0.05, 0) is 49.2 Å². The molecule has 2 aromatic heterocycles. The number of rotatable bonds is 4. The number of anilines is 1. The van der Waals surface area contributed by atoms with Gasteiger partial charge in [-0.2, -0.15) is 4.98 Å². The van der Waals surface area contributed by atoms with Gasteiger partial charge in [0.2, 0.25) is 11.7 Å². The van der Waals surface area contributed by atoms with Crippen molar-refractivity contribution >= 4 is 22.6 Å². The van der Waals surface area contributed by atoms with Crippen LogP contribution >= 0.6 is 0 Å². The minimum atomic E-state index is -0.109. The first-order valence-corrected chi connectivity index (χ1v) is 10.6. The van der Waals surface area contributed by atoms with Crippen LogP contribution in [0.15, 0.2) is 65.3 Å². The van der Waals surface area contributed by atoms with Gasteiger partial charge < -0.3 is 19.5 Å². The summed E-state index contributed by atoms with van der Waals surface area (Å²) in [5.41, 5.74) is 2.50. The number of ether oxygens (including phenoxy) is 1. The number of nitrogens with zero attached hydrogens (tertiary/aromatic N) is 4. The summed E-state index contributed by atoms with van der Waals surface area (Å²) in [6, 6.07) is 17.1. The van der Waals surface area contributed by atoms with Crippen LogP contribution in [0.5, 0.6) is 5.75 Å². The van der Waals surface area contributed by atoms with E-state index < -0.39 is 0 Å². The van der Waals surface area contributed by atoms with Crippen LogP contribution in [-0.4, -0.2) is 46.3 Å². The molecule has 1 aliphatic rings. The lowest BCUT2D eigenvalue weighted by Crippen LogP contribution is -2.40. The van der Waals surface area contributed by atoms with E-state index in [2.05, 4.69) is 20.4 Å². The van der Waals surface area contributed by atoms with Crippen LogP contribution in [0, 0.1) is 0 Å². The number of methoxy groups -OCH3 is 1. The molecule has 2 aromatic carbocycles. The number of para-hydroxylation sites is 1. The first kappa shape index (κ1) is 20.0. The predicted octanol–water partition coefficient (Wildman–Crippen LogP) is 4.70.